The lowest BCUT2D eigenvalue weighted by molar-refractivity contribution is -0.116. The summed E-state index contributed by atoms with van der Waals surface area (Å²) in [5.41, 5.74) is 0.755. The van der Waals surface area contributed by atoms with Crippen LogP contribution in [0.1, 0.15) is 11.4 Å². The van der Waals surface area contributed by atoms with E-state index in [0.29, 0.717) is 49.4 Å². The van der Waals surface area contributed by atoms with Crippen LogP contribution in [-0.2, 0) is 9.53 Å². The summed E-state index contributed by atoms with van der Waals surface area (Å²) in [7, 11) is 4.64. The maximum atomic E-state index is 12.2. The summed E-state index contributed by atoms with van der Waals surface area (Å²) in [5.74, 6) is 3.65. The fourth-order valence-corrected chi connectivity index (χ4v) is 3.40. The van der Waals surface area contributed by atoms with Crippen LogP contribution in [0.5, 0.6) is 17.2 Å². The minimum absolute atomic E-state index is 0.210. The second-order valence-corrected chi connectivity index (χ2v) is 7.27. The highest BCUT2D eigenvalue weighted by molar-refractivity contribution is 5.91. The molecule has 0 atom stereocenters. The van der Waals surface area contributed by atoms with Crippen molar-refractivity contribution in [2.45, 2.75) is 6.92 Å². The number of hydrogen-bond donors (Lipinski definition) is 2. The van der Waals surface area contributed by atoms with Crippen LogP contribution < -0.4 is 29.7 Å². The van der Waals surface area contributed by atoms with E-state index in [2.05, 4.69) is 25.5 Å². The van der Waals surface area contributed by atoms with E-state index in [-0.39, 0.29) is 5.91 Å². The predicted molar refractivity (Wildman–Crippen MR) is 126 cm³/mol. The second-order valence-electron chi connectivity index (χ2n) is 7.27. The number of ether oxygens (including phenoxy) is 4. The third kappa shape index (κ3) is 6.72. The molecule has 0 radical (unpaired) electrons. The van der Waals surface area contributed by atoms with E-state index in [4.69, 9.17) is 18.9 Å². The Morgan fingerprint density at radius 2 is 1.76 bits per heavy atom. The summed E-state index contributed by atoms with van der Waals surface area (Å²) in [6.07, 6.45) is 3.15. The van der Waals surface area contributed by atoms with Gasteiger partial charge in [-0.05, 0) is 30.7 Å². The summed E-state index contributed by atoms with van der Waals surface area (Å²) >= 11 is 0. The Morgan fingerprint density at radius 1 is 1.06 bits per heavy atom. The molecule has 2 heterocycles. The molecule has 2 aromatic rings. The molecule has 178 valence electrons. The summed E-state index contributed by atoms with van der Waals surface area (Å²) in [5, 5.41) is 6.09. The highest BCUT2D eigenvalue weighted by Crippen LogP contribution is 2.38. The number of methoxy groups -OCH3 is 3. The van der Waals surface area contributed by atoms with Crippen LogP contribution >= 0.6 is 0 Å². The first-order chi connectivity index (χ1) is 16.0. The van der Waals surface area contributed by atoms with Crippen molar-refractivity contribution in [3.05, 3.63) is 35.7 Å². The number of aryl methyl sites for hydroxylation is 1. The van der Waals surface area contributed by atoms with Gasteiger partial charge in [0.1, 0.15) is 17.5 Å². The molecule has 0 bridgehead atoms. The Balaban J connectivity index is 1.51. The number of anilines is 2. The number of aromatic nitrogens is 2. The van der Waals surface area contributed by atoms with Gasteiger partial charge in [0.2, 0.25) is 11.7 Å². The molecule has 0 spiro atoms. The molecule has 1 fully saturated rings. The van der Waals surface area contributed by atoms with Gasteiger partial charge in [-0.2, -0.15) is 0 Å². The fraction of sp³-hybridized carbons (Fsp3) is 0.435. The van der Waals surface area contributed by atoms with Crippen molar-refractivity contribution >= 4 is 23.6 Å². The van der Waals surface area contributed by atoms with Crippen LogP contribution in [0.4, 0.5) is 11.6 Å². The van der Waals surface area contributed by atoms with Crippen molar-refractivity contribution in [1.82, 2.24) is 15.3 Å². The zero-order valence-electron chi connectivity index (χ0n) is 19.5. The Kier molecular flexibility index (Phi) is 8.71. The Hall–Kier alpha value is -3.53. The van der Waals surface area contributed by atoms with Crippen LogP contribution in [-0.4, -0.2) is 76.6 Å². The molecule has 1 aliphatic rings. The standard InChI is InChI=1S/C23H31N5O5/c1-16-26-20(15-21(27-16)28-9-11-33-12-10-28)24-7-8-25-22(29)6-5-17-13-18(30-2)23(32-4)19(14-17)31-3/h5-6,13-15H,7-12H2,1-4H3,(H,25,29)(H,24,26,27)/b6-5+. The van der Waals surface area contributed by atoms with Crippen LogP contribution in [0.25, 0.3) is 6.08 Å². The number of hydrogen-bond acceptors (Lipinski definition) is 9. The van der Waals surface area contributed by atoms with Gasteiger partial charge in [0, 0.05) is 38.3 Å². The molecule has 1 aliphatic heterocycles. The molecule has 1 amide bonds. The first-order valence-electron chi connectivity index (χ1n) is 10.7. The highest BCUT2D eigenvalue weighted by atomic mass is 16.5. The van der Waals surface area contributed by atoms with Crippen molar-refractivity contribution in [2.24, 2.45) is 0 Å². The molecule has 0 saturated carbocycles. The minimum Gasteiger partial charge on any atom is -0.493 e. The number of carbonyl (C=O) groups is 1. The zero-order chi connectivity index (χ0) is 23.6. The molecule has 10 heteroatoms. The van der Waals surface area contributed by atoms with Gasteiger partial charge < -0.3 is 34.5 Å². The van der Waals surface area contributed by atoms with Gasteiger partial charge in [0.05, 0.1) is 34.5 Å². The van der Waals surface area contributed by atoms with Crippen molar-refractivity contribution in [3.63, 3.8) is 0 Å². The number of nitrogens with one attached hydrogen (secondary N) is 2. The number of carbonyl (C=O) groups excluding carboxylic acids is 1. The van der Waals surface area contributed by atoms with Gasteiger partial charge in [-0.15, -0.1) is 0 Å². The van der Waals surface area contributed by atoms with Crippen LogP contribution in [0.3, 0.4) is 0 Å². The molecule has 10 nitrogen and oxygen atoms in total. The zero-order valence-corrected chi connectivity index (χ0v) is 19.5. The predicted octanol–water partition coefficient (Wildman–Crippen LogP) is 1.89. The maximum Gasteiger partial charge on any atom is 0.244 e. The molecule has 33 heavy (non-hydrogen) atoms. The first kappa shape index (κ1) is 24.1. The smallest absolute Gasteiger partial charge is 0.244 e. The van der Waals surface area contributed by atoms with E-state index in [1.807, 2.05) is 13.0 Å². The maximum absolute atomic E-state index is 12.2. The number of morpholine rings is 1. The topological polar surface area (TPSA) is 107 Å². The van der Waals surface area contributed by atoms with E-state index >= 15 is 0 Å². The molecule has 1 saturated heterocycles. The number of benzene rings is 1. The monoisotopic (exact) mass is 457 g/mol. The van der Waals surface area contributed by atoms with E-state index in [1.165, 1.54) is 6.08 Å². The molecule has 1 aromatic carbocycles. The lowest BCUT2D eigenvalue weighted by Crippen LogP contribution is -2.37. The van der Waals surface area contributed by atoms with Gasteiger partial charge >= 0.3 is 0 Å². The van der Waals surface area contributed by atoms with Crippen molar-refractivity contribution in [1.29, 1.82) is 0 Å². The average molecular weight is 458 g/mol. The Labute approximate surface area is 193 Å². The molecule has 0 aliphatic carbocycles. The summed E-state index contributed by atoms with van der Waals surface area (Å²) in [6.45, 7) is 5.85. The number of nitrogens with zero attached hydrogens (tertiary/aromatic N) is 3. The van der Waals surface area contributed by atoms with E-state index < -0.39 is 0 Å². The van der Waals surface area contributed by atoms with Gasteiger partial charge in [-0.3, -0.25) is 4.79 Å². The van der Waals surface area contributed by atoms with Crippen molar-refractivity contribution in [3.8, 4) is 17.2 Å². The highest BCUT2D eigenvalue weighted by Gasteiger charge is 2.14. The fourth-order valence-electron chi connectivity index (χ4n) is 3.40. The minimum atomic E-state index is -0.210. The summed E-state index contributed by atoms with van der Waals surface area (Å²) in [6, 6.07) is 5.47. The molecule has 0 unspecified atom stereocenters. The third-order valence-electron chi connectivity index (χ3n) is 5.00. The molecular weight excluding hydrogens is 426 g/mol. The van der Waals surface area contributed by atoms with Gasteiger partial charge in [0.15, 0.2) is 11.5 Å². The largest absolute Gasteiger partial charge is 0.493 e. The van der Waals surface area contributed by atoms with Crippen LogP contribution in [0.2, 0.25) is 0 Å². The SMILES string of the molecule is COc1cc(/C=C/C(=O)NCCNc2cc(N3CCOCC3)nc(C)n2)cc(OC)c1OC. The van der Waals surface area contributed by atoms with E-state index in [0.717, 1.165) is 30.3 Å². The summed E-state index contributed by atoms with van der Waals surface area (Å²) in [4.78, 5) is 23.3. The van der Waals surface area contributed by atoms with Crippen LogP contribution in [0, 0.1) is 6.92 Å². The first-order valence-corrected chi connectivity index (χ1v) is 10.7. The molecule has 2 N–H and O–H groups in total. The lowest BCUT2D eigenvalue weighted by Gasteiger charge is -2.28. The molecular formula is C23H31N5O5. The van der Waals surface area contributed by atoms with Gasteiger partial charge in [-0.25, -0.2) is 9.97 Å². The van der Waals surface area contributed by atoms with Gasteiger partial charge in [0.25, 0.3) is 0 Å². The Bertz CT molecular complexity index is 951. The Morgan fingerprint density at radius 3 is 2.39 bits per heavy atom. The van der Waals surface area contributed by atoms with Gasteiger partial charge in [-0.1, -0.05) is 0 Å². The van der Waals surface area contributed by atoms with E-state index in [9.17, 15) is 4.79 Å². The third-order valence-corrected chi connectivity index (χ3v) is 5.00. The quantitative estimate of drug-likeness (QED) is 0.408. The number of rotatable bonds is 10. The van der Waals surface area contributed by atoms with Crippen LogP contribution in [0.15, 0.2) is 24.3 Å². The molecule has 1 aromatic heterocycles. The lowest BCUT2D eigenvalue weighted by atomic mass is 10.1. The second kappa shape index (κ2) is 11.9. The average Bonchev–Trinajstić information content (AvgIpc) is 2.84. The number of amides is 1. The van der Waals surface area contributed by atoms with E-state index in [1.54, 1.807) is 39.5 Å². The van der Waals surface area contributed by atoms with Crippen molar-refractivity contribution < 1.29 is 23.7 Å². The summed E-state index contributed by atoms with van der Waals surface area (Å²) < 4.78 is 21.4. The van der Waals surface area contributed by atoms with Crippen molar-refractivity contribution in [2.75, 3.05) is 70.9 Å². The molecule has 3 rings (SSSR count). The normalized spacial score (nSPS) is 13.6.